The second-order valence-electron chi connectivity index (χ2n) is 7.97. The molecule has 0 saturated carbocycles. The fourth-order valence-corrected chi connectivity index (χ4v) is 3.82. The van der Waals surface area contributed by atoms with E-state index in [2.05, 4.69) is 39.8 Å². The first-order valence-corrected chi connectivity index (χ1v) is 11.3. The Morgan fingerprint density at radius 1 is 0.520 bits per heavy atom. The molecule has 0 aliphatic heterocycles. The molecule has 0 N–H and O–H groups in total. The maximum atomic E-state index is 2.54. The highest BCUT2D eigenvalue weighted by Gasteiger charge is 2.08. The minimum atomic E-state index is 1.28. The van der Waals surface area contributed by atoms with Gasteiger partial charge >= 0.3 is 0 Å². The molecule has 0 heteroatoms. The highest BCUT2D eigenvalue weighted by atomic mass is 14.1. The second kappa shape index (κ2) is 14.4. The summed E-state index contributed by atoms with van der Waals surface area (Å²) in [6, 6.07) is 5.09. The quantitative estimate of drug-likeness (QED) is 0.280. The molecule has 0 saturated heterocycles. The molecule has 0 nitrogen and oxygen atoms in total. The van der Waals surface area contributed by atoms with Crippen LogP contribution >= 0.6 is 0 Å². The van der Waals surface area contributed by atoms with E-state index in [1.54, 1.807) is 22.3 Å². The van der Waals surface area contributed by atoms with E-state index in [1.807, 2.05) is 0 Å². The van der Waals surface area contributed by atoms with E-state index in [0.717, 1.165) is 0 Å². The third-order valence-corrected chi connectivity index (χ3v) is 5.60. The van der Waals surface area contributed by atoms with E-state index in [9.17, 15) is 0 Å². The van der Waals surface area contributed by atoms with E-state index < -0.39 is 0 Å². The molecule has 0 fully saturated rings. The van der Waals surface area contributed by atoms with Crippen molar-refractivity contribution >= 4 is 0 Å². The van der Waals surface area contributed by atoms with Crippen molar-refractivity contribution < 1.29 is 0 Å². The van der Waals surface area contributed by atoms with Crippen LogP contribution < -0.4 is 0 Å². The summed E-state index contributed by atoms with van der Waals surface area (Å²) in [4.78, 5) is 0. The van der Waals surface area contributed by atoms with Gasteiger partial charge in [-0.2, -0.15) is 0 Å². The monoisotopic (exact) mass is 344 g/mol. The molecule has 0 amide bonds. The lowest BCUT2D eigenvalue weighted by molar-refractivity contribution is 0.653. The Balaban J connectivity index is 2.72. The molecule has 1 aromatic rings. The lowest BCUT2D eigenvalue weighted by atomic mass is 9.90. The number of hydrogen-bond acceptors (Lipinski definition) is 0. The Hall–Kier alpha value is -0.780. The molecule has 0 aromatic heterocycles. The summed E-state index contributed by atoms with van der Waals surface area (Å²) >= 11 is 0. The van der Waals surface area contributed by atoms with Gasteiger partial charge in [-0.3, -0.25) is 0 Å². The van der Waals surface area contributed by atoms with Crippen LogP contribution in [0.4, 0.5) is 0 Å². The van der Waals surface area contributed by atoms with Gasteiger partial charge in [0.15, 0.2) is 0 Å². The average Bonchev–Trinajstić information content (AvgIpc) is 2.62. The molecular formula is C25H44. The first-order chi connectivity index (χ1) is 12.2. The minimum absolute atomic E-state index is 1.28. The third-order valence-electron chi connectivity index (χ3n) is 5.60. The van der Waals surface area contributed by atoms with Crippen LogP contribution in [0.2, 0.25) is 0 Å². The highest BCUT2D eigenvalue weighted by Crippen LogP contribution is 2.23. The molecule has 1 aromatic carbocycles. The van der Waals surface area contributed by atoms with E-state index in [4.69, 9.17) is 0 Å². The number of benzene rings is 1. The van der Waals surface area contributed by atoms with E-state index in [-0.39, 0.29) is 0 Å². The predicted octanol–water partition coefficient (Wildman–Crippen LogP) is 8.36. The van der Waals surface area contributed by atoms with Crippen molar-refractivity contribution in [2.75, 3.05) is 0 Å². The summed E-state index contributed by atoms with van der Waals surface area (Å²) in [5, 5.41) is 0. The van der Waals surface area contributed by atoms with Gasteiger partial charge in [0, 0.05) is 0 Å². The van der Waals surface area contributed by atoms with Crippen molar-refractivity contribution in [2.24, 2.45) is 0 Å². The first-order valence-electron chi connectivity index (χ1n) is 11.3. The first kappa shape index (κ1) is 22.3. The van der Waals surface area contributed by atoms with Crippen LogP contribution in [0, 0.1) is 6.92 Å². The van der Waals surface area contributed by atoms with Crippen LogP contribution in [-0.4, -0.2) is 0 Å². The van der Waals surface area contributed by atoms with Crippen LogP contribution in [0.1, 0.15) is 120 Å². The van der Waals surface area contributed by atoms with Gasteiger partial charge in [-0.05, 0) is 67.7 Å². The largest absolute Gasteiger partial charge is 0.0654 e. The zero-order chi connectivity index (χ0) is 18.3. The SMILES string of the molecule is CCCCCCc1cc(CCCCCC)c(C)c(CCCCCC)c1. The minimum Gasteiger partial charge on any atom is -0.0654 e. The van der Waals surface area contributed by atoms with Gasteiger partial charge < -0.3 is 0 Å². The molecule has 0 bridgehead atoms. The fourth-order valence-electron chi connectivity index (χ4n) is 3.82. The van der Waals surface area contributed by atoms with Crippen LogP contribution in [0.25, 0.3) is 0 Å². The molecule has 0 heterocycles. The Morgan fingerprint density at radius 3 is 1.32 bits per heavy atom. The number of unbranched alkanes of at least 4 members (excludes halogenated alkanes) is 9. The lowest BCUT2D eigenvalue weighted by Gasteiger charge is -2.15. The molecule has 0 spiro atoms. The van der Waals surface area contributed by atoms with Gasteiger partial charge in [0.25, 0.3) is 0 Å². The van der Waals surface area contributed by atoms with Crippen molar-refractivity contribution in [1.82, 2.24) is 0 Å². The normalized spacial score (nSPS) is 11.2. The van der Waals surface area contributed by atoms with Crippen LogP contribution in [0.3, 0.4) is 0 Å². The summed E-state index contributed by atoms with van der Waals surface area (Å²) in [6.07, 6.45) is 20.3. The van der Waals surface area contributed by atoms with Crippen LogP contribution in [-0.2, 0) is 19.3 Å². The lowest BCUT2D eigenvalue weighted by Crippen LogP contribution is -2.01. The molecule has 0 unspecified atom stereocenters. The maximum absolute atomic E-state index is 2.54. The Bertz CT molecular complexity index is 410. The number of hydrogen-bond donors (Lipinski definition) is 0. The summed E-state index contributed by atoms with van der Waals surface area (Å²) < 4.78 is 0. The fraction of sp³-hybridized carbons (Fsp3) is 0.760. The average molecular weight is 345 g/mol. The van der Waals surface area contributed by atoms with Gasteiger partial charge in [-0.1, -0.05) is 90.7 Å². The highest BCUT2D eigenvalue weighted by molar-refractivity contribution is 5.39. The molecule has 0 radical (unpaired) electrons. The van der Waals surface area contributed by atoms with E-state index >= 15 is 0 Å². The van der Waals surface area contributed by atoms with E-state index in [0.29, 0.717) is 0 Å². The molecule has 25 heavy (non-hydrogen) atoms. The molecule has 1 rings (SSSR count). The van der Waals surface area contributed by atoms with Crippen molar-refractivity contribution in [3.8, 4) is 0 Å². The number of rotatable bonds is 15. The summed E-state index contributed by atoms with van der Waals surface area (Å²) in [7, 11) is 0. The molecule has 144 valence electrons. The van der Waals surface area contributed by atoms with Crippen molar-refractivity contribution in [1.29, 1.82) is 0 Å². The zero-order valence-electron chi connectivity index (χ0n) is 17.8. The predicted molar refractivity (Wildman–Crippen MR) is 115 cm³/mol. The summed E-state index contributed by atoms with van der Waals surface area (Å²) in [5.41, 5.74) is 6.51. The smallest absolute Gasteiger partial charge is 0.0276 e. The van der Waals surface area contributed by atoms with E-state index in [1.165, 1.54) is 96.3 Å². The van der Waals surface area contributed by atoms with Gasteiger partial charge in [0.1, 0.15) is 0 Å². The molecule has 0 aliphatic carbocycles. The maximum Gasteiger partial charge on any atom is -0.0276 e. The van der Waals surface area contributed by atoms with Gasteiger partial charge in [0.2, 0.25) is 0 Å². The van der Waals surface area contributed by atoms with Crippen LogP contribution in [0.5, 0.6) is 0 Å². The molecular weight excluding hydrogens is 300 g/mol. The van der Waals surface area contributed by atoms with Gasteiger partial charge in [-0.25, -0.2) is 0 Å². The summed E-state index contributed by atoms with van der Waals surface area (Å²) in [6.45, 7) is 9.28. The van der Waals surface area contributed by atoms with Gasteiger partial charge in [0.05, 0.1) is 0 Å². The number of aryl methyl sites for hydroxylation is 3. The summed E-state index contributed by atoms with van der Waals surface area (Å²) in [5.74, 6) is 0. The third kappa shape index (κ3) is 9.47. The van der Waals surface area contributed by atoms with Crippen molar-refractivity contribution in [2.45, 2.75) is 124 Å². The van der Waals surface area contributed by atoms with Crippen molar-refractivity contribution in [3.63, 3.8) is 0 Å². The Morgan fingerprint density at radius 2 is 0.920 bits per heavy atom. The van der Waals surface area contributed by atoms with Crippen molar-refractivity contribution in [3.05, 3.63) is 34.4 Å². The molecule has 0 aliphatic rings. The Labute approximate surface area is 158 Å². The molecule has 0 atom stereocenters. The standard InChI is InChI=1S/C25H44/c1-5-8-11-14-17-23-20-24(18-15-12-9-6-2)22(4)25(21-23)19-16-13-10-7-3/h20-21H,5-19H2,1-4H3. The second-order valence-corrected chi connectivity index (χ2v) is 7.97. The van der Waals surface area contributed by atoms with Crippen LogP contribution in [0.15, 0.2) is 12.1 Å². The Kier molecular flexibility index (Phi) is 12.8. The zero-order valence-corrected chi connectivity index (χ0v) is 17.8. The van der Waals surface area contributed by atoms with Gasteiger partial charge in [-0.15, -0.1) is 0 Å². The topological polar surface area (TPSA) is 0 Å².